The summed E-state index contributed by atoms with van der Waals surface area (Å²) < 4.78 is 0. The Morgan fingerprint density at radius 1 is 1.31 bits per heavy atom. The zero-order valence-corrected chi connectivity index (χ0v) is 9.51. The lowest BCUT2D eigenvalue weighted by Gasteiger charge is -2.12. The van der Waals surface area contributed by atoms with Gasteiger partial charge in [0.25, 0.3) is 0 Å². The first kappa shape index (κ1) is 10.5. The van der Waals surface area contributed by atoms with E-state index in [0.29, 0.717) is 0 Å². The topological polar surface area (TPSA) is 0 Å². The van der Waals surface area contributed by atoms with Gasteiger partial charge in [-0.05, 0) is 30.6 Å². The Morgan fingerprint density at radius 3 is 2.46 bits per heavy atom. The number of allylic oxidation sites excluding steroid dienone is 2. The van der Waals surface area contributed by atoms with E-state index < -0.39 is 0 Å². The van der Waals surface area contributed by atoms with E-state index in [0.717, 1.165) is 6.42 Å². The first-order chi connectivity index (χ1) is 6.25. The molecule has 1 aromatic rings. The molecule has 0 amide bonds. The standard InChI is InChI=1S/C12H17P/c1-4-8-11(2)13(3)12-9-6-5-7-10-12/h5-10H,4H2,1-3H3/b11-8+. The van der Waals surface area contributed by atoms with Crippen molar-refractivity contribution >= 4 is 13.2 Å². The van der Waals surface area contributed by atoms with E-state index in [2.05, 4.69) is 56.9 Å². The highest BCUT2D eigenvalue weighted by atomic mass is 31.1. The lowest BCUT2D eigenvalue weighted by Crippen LogP contribution is -1.98. The second-order valence-corrected chi connectivity index (χ2v) is 5.49. The zero-order chi connectivity index (χ0) is 9.68. The first-order valence-corrected chi connectivity index (χ1v) is 6.50. The Bertz CT molecular complexity index is 274. The fraction of sp³-hybridized carbons (Fsp3) is 0.333. The molecular weight excluding hydrogens is 175 g/mol. The summed E-state index contributed by atoms with van der Waals surface area (Å²) in [6, 6.07) is 10.8. The average molecular weight is 192 g/mol. The maximum atomic E-state index is 2.33. The van der Waals surface area contributed by atoms with Gasteiger partial charge in [-0.25, -0.2) is 0 Å². The smallest absolute Gasteiger partial charge is 0.0201 e. The Labute approximate surface area is 82.4 Å². The second-order valence-electron chi connectivity index (χ2n) is 3.15. The number of rotatable bonds is 3. The molecule has 0 heterocycles. The van der Waals surface area contributed by atoms with Crippen molar-refractivity contribution in [1.29, 1.82) is 0 Å². The Hall–Kier alpha value is -0.610. The van der Waals surface area contributed by atoms with Crippen LogP contribution in [-0.4, -0.2) is 6.66 Å². The van der Waals surface area contributed by atoms with Gasteiger partial charge in [-0.1, -0.05) is 51.3 Å². The van der Waals surface area contributed by atoms with Gasteiger partial charge in [-0.15, -0.1) is 0 Å². The molecule has 0 aliphatic rings. The van der Waals surface area contributed by atoms with Crippen molar-refractivity contribution in [3.63, 3.8) is 0 Å². The third-order valence-corrected chi connectivity index (χ3v) is 4.49. The Balaban J connectivity index is 2.79. The highest BCUT2D eigenvalue weighted by Gasteiger charge is 2.04. The minimum Gasteiger partial charge on any atom is -0.0811 e. The second kappa shape index (κ2) is 5.19. The van der Waals surface area contributed by atoms with Crippen molar-refractivity contribution in [2.24, 2.45) is 0 Å². The quantitative estimate of drug-likeness (QED) is 0.640. The molecule has 1 atom stereocenters. The number of benzene rings is 1. The van der Waals surface area contributed by atoms with Crippen LogP contribution in [0, 0.1) is 0 Å². The molecule has 0 aliphatic carbocycles. The summed E-state index contributed by atoms with van der Waals surface area (Å²) in [6.45, 7) is 6.76. The van der Waals surface area contributed by atoms with Crippen LogP contribution < -0.4 is 5.30 Å². The van der Waals surface area contributed by atoms with Crippen LogP contribution in [0.15, 0.2) is 41.7 Å². The summed E-state index contributed by atoms with van der Waals surface area (Å²) in [4.78, 5) is 0. The van der Waals surface area contributed by atoms with Gasteiger partial charge in [0.05, 0.1) is 0 Å². The lowest BCUT2D eigenvalue weighted by atomic mass is 10.4. The molecule has 0 nitrogen and oxygen atoms in total. The van der Waals surface area contributed by atoms with E-state index >= 15 is 0 Å². The minimum absolute atomic E-state index is 0.0817. The van der Waals surface area contributed by atoms with Crippen molar-refractivity contribution in [2.75, 3.05) is 6.66 Å². The van der Waals surface area contributed by atoms with E-state index in [9.17, 15) is 0 Å². The van der Waals surface area contributed by atoms with Gasteiger partial charge in [-0.2, -0.15) is 0 Å². The molecule has 1 heteroatoms. The first-order valence-electron chi connectivity index (χ1n) is 4.71. The molecule has 0 fully saturated rings. The summed E-state index contributed by atoms with van der Waals surface area (Å²) in [6.07, 6.45) is 3.48. The van der Waals surface area contributed by atoms with Crippen LogP contribution >= 0.6 is 7.92 Å². The van der Waals surface area contributed by atoms with Crippen LogP contribution in [-0.2, 0) is 0 Å². The van der Waals surface area contributed by atoms with Crippen LogP contribution in [0.3, 0.4) is 0 Å². The molecule has 1 unspecified atom stereocenters. The van der Waals surface area contributed by atoms with Gasteiger partial charge in [0, 0.05) is 0 Å². The molecule has 1 aromatic carbocycles. The summed E-state index contributed by atoms with van der Waals surface area (Å²) >= 11 is 0. The fourth-order valence-corrected chi connectivity index (χ4v) is 2.77. The normalized spacial score (nSPS) is 14.2. The van der Waals surface area contributed by atoms with Crippen LogP contribution in [0.4, 0.5) is 0 Å². The van der Waals surface area contributed by atoms with Gasteiger partial charge in [0.1, 0.15) is 0 Å². The maximum absolute atomic E-state index is 2.33. The Kier molecular flexibility index (Phi) is 4.18. The molecule has 0 N–H and O–H groups in total. The highest BCUT2D eigenvalue weighted by Crippen LogP contribution is 2.39. The molecular formula is C12H17P. The van der Waals surface area contributed by atoms with Crippen LogP contribution in [0.1, 0.15) is 20.3 Å². The van der Waals surface area contributed by atoms with E-state index in [4.69, 9.17) is 0 Å². The van der Waals surface area contributed by atoms with E-state index in [1.54, 1.807) is 0 Å². The zero-order valence-electron chi connectivity index (χ0n) is 8.62. The van der Waals surface area contributed by atoms with Crippen molar-refractivity contribution in [3.05, 3.63) is 41.7 Å². The largest absolute Gasteiger partial charge is 0.0811 e. The molecule has 0 bridgehead atoms. The summed E-state index contributed by atoms with van der Waals surface area (Å²) in [7, 11) is -0.0817. The predicted molar refractivity (Wildman–Crippen MR) is 63.0 cm³/mol. The van der Waals surface area contributed by atoms with E-state index in [-0.39, 0.29) is 7.92 Å². The fourth-order valence-electron chi connectivity index (χ4n) is 1.29. The van der Waals surface area contributed by atoms with Gasteiger partial charge >= 0.3 is 0 Å². The number of hydrogen-bond donors (Lipinski definition) is 0. The predicted octanol–water partition coefficient (Wildman–Crippen LogP) is 3.74. The summed E-state index contributed by atoms with van der Waals surface area (Å²) in [5.74, 6) is 0. The monoisotopic (exact) mass is 192 g/mol. The molecule has 0 aromatic heterocycles. The molecule has 0 spiro atoms. The Morgan fingerprint density at radius 2 is 1.92 bits per heavy atom. The molecule has 0 saturated heterocycles. The SMILES string of the molecule is CC/C=C(\C)P(C)c1ccccc1. The molecule has 0 radical (unpaired) electrons. The van der Waals surface area contributed by atoms with Crippen molar-refractivity contribution in [3.8, 4) is 0 Å². The van der Waals surface area contributed by atoms with E-state index in [1.165, 1.54) is 10.6 Å². The summed E-state index contributed by atoms with van der Waals surface area (Å²) in [5, 5.41) is 3.00. The van der Waals surface area contributed by atoms with Gasteiger partial charge in [0.2, 0.25) is 0 Å². The van der Waals surface area contributed by atoms with Gasteiger partial charge in [-0.3, -0.25) is 0 Å². The van der Waals surface area contributed by atoms with Crippen LogP contribution in [0.5, 0.6) is 0 Å². The van der Waals surface area contributed by atoms with Crippen molar-refractivity contribution in [1.82, 2.24) is 0 Å². The third-order valence-electron chi connectivity index (χ3n) is 2.17. The molecule has 1 rings (SSSR count). The van der Waals surface area contributed by atoms with E-state index in [1.807, 2.05) is 0 Å². The van der Waals surface area contributed by atoms with Gasteiger partial charge < -0.3 is 0 Å². The lowest BCUT2D eigenvalue weighted by molar-refractivity contribution is 1.21. The maximum Gasteiger partial charge on any atom is -0.0201 e. The van der Waals surface area contributed by atoms with Crippen molar-refractivity contribution < 1.29 is 0 Å². The summed E-state index contributed by atoms with van der Waals surface area (Å²) in [5.41, 5.74) is 0. The van der Waals surface area contributed by atoms with Gasteiger partial charge in [0.15, 0.2) is 0 Å². The number of hydrogen-bond acceptors (Lipinski definition) is 0. The van der Waals surface area contributed by atoms with Crippen LogP contribution in [0.2, 0.25) is 0 Å². The van der Waals surface area contributed by atoms with Crippen LogP contribution in [0.25, 0.3) is 0 Å². The molecule has 0 aliphatic heterocycles. The minimum atomic E-state index is -0.0817. The highest BCUT2D eigenvalue weighted by molar-refractivity contribution is 7.68. The molecule has 0 saturated carbocycles. The molecule has 70 valence electrons. The third kappa shape index (κ3) is 2.97. The average Bonchev–Trinajstić information content (AvgIpc) is 2.18. The molecule has 13 heavy (non-hydrogen) atoms. The van der Waals surface area contributed by atoms with Crippen molar-refractivity contribution in [2.45, 2.75) is 20.3 Å².